The van der Waals surface area contributed by atoms with Gasteiger partial charge in [-0.05, 0) is 19.1 Å². The summed E-state index contributed by atoms with van der Waals surface area (Å²) < 4.78 is 11.0. The van der Waals surface area contributed by atoms with Gasteiger partial charge in [-0.15, -0.1) is 0 Å². The van der Waals surface area contributed by atoms with Crippen LogP contribution in [0.25, 0.3) is 0 Å². The van der Waals surface area contributed by atoms with Crippen LogP contribution < -0.4 is 4.74 Å². The predicted octanol–water partition coefficient (Wildman–Crippen LogP) is 1.12. The lowest BCUT2D eigenvalue weighted by Gasteiger charge is -2.26. The van der Waals surface area contributed by atoms with Crippen LogP contribution in [0.15, 0.2) is 24.3 Å². The summed E-state index contributed by atoms with van der Waals surface area (Å²) in [5.74, 6) is 0.957. The van der Waals surface area contributed by atoms with Crippen molar-refractivity contribution in [1.29, 1.82) is 0 Å². The highest BCUT2D eigenvalue weighted by Gasteiger charge is 2.09. The minimum Gasteiger partial charge on any atom is -0.492 e. The zero-order chi connectivity index (χ0) is 13.9. The van der Waals surface area contributed by atoms with Gasteiger partial charge in [0.1, 0.15) is 12.4 Å². The van der Waals surface area contributed by atoms with Crippen LogP contribution in [0.3, 0.4) is 0 Å². The molecule has 0 aromatic heterocycles. The first-order valence-corrected chi connectivity index (χ1v) is 6.25. The maximum Gasteiger partial charge on any atom is 0.373 e. The van der Waals surface area contributed by atoms with E-state index in [2.05, 4.69) is 24.0 Å². The average molecular weight is 265 g/mol. The molecule has 0 amide bonds. The van der Waals surface area contributed by atoms with Crippen LogP contribution in [0.1, 0.15) is 5.56 Å². The molecule has 1 aliphatic rings. The van der Waals surface area contributed by atoms with Crippen molar-refractivity contribution in [2.75, 3.05) is 39.5 Å². The highest BCUT2D eigenvalue weighted by atomic mass is 16.5. The van der Waals surface area contributed by atoms with E-state index in [1.807, 2.05) is 12.1 Å². The number of hydrogen-bond donors (Lipinski definition) is 0. The molecule has 1 saturated heterocycles. The Hall–Kier alpha value is -1.68. The van der Waals surface area contributed by atoms with E-state index in [-0.39, 0.29) is 6.15 Å². The van der Waals surface area contributed by atoms with Gasteiger partial charge in [0.2, 0.25) is 0 Å². The fraction of sp³-hybridized carbons (Fsp3) is 0.500. The second kappa shape index (κ2) is 9.28. The van der Waals surface area contributed by atoms with Crippen molar-refractivity contribution in [2.45, 2.75) is 6.92 Å². The molecule has 0 N–H and O–H groups in total. The number of ether oxygens (including phenoxy) is 2. The molecule has 5 heteroatoms. The van der Waals surface area contributed by atoms with E-state index in [1.54, 1.807) is 0 Å². The zero-order valence-electron chi connectivity index (χ0n) is 11.1. The lowest BCUT2D eigenvalue weighted by molar-refractivity contribution is -0.191. The number of benzene rings is 1. The third kappa shape index (κ3) is 6.72. The molecule has 0 atom stereocenters. The smallest absolute Gasteiger partial charge is 0.373 e. The number of carbonyl (C=O) groups excluding carboxylic acids is 2. The molecule has 1 fully saturated rings. The molecule has 0 saturated carbocycles. The van der Waals surface area contributed by atoms with E-state index in [1.165, 1.54) is 5.56 Å². The Morgan fingerprint density at radius 2 is 1.79 bits per heavy atom. The fourth-order valence-corrected chi connectivity index (χ4v) is 1.75. The molecule has 0 radical (unpaired) electrons. The molecule has 19 heavy (non-hydrogen) atoms. The van der Waals surface area contributed by atoms with E-state index in [0.29, 0.717) is 0 Å². The highest BCUT2D eigenvalue weighted by Crippen LogP contribution is 2.11. The van der Waals surface area contributed by atoms with E-state index in [9.17, 15) is 0 Å². The van der Waals surface area contributed by atoms with Gasteiger partial charge in [0, 0.05) is 19.6 Å². The van der Waals surface area contributed by atoms with Crippen molar-refractivity contribution < 1.29 is 19.1 Å². The fourth-order valence-electron chi connectivity index (χ4n) is 1.75. The van der Waals surface area contributed by atoms with Crippen molar-refractivity contribution in [2.24, 2.45) is 0 Å². The van der Waals surface area contributed by atoms with Crippen LogP contribution in [0.4, 0.5) is 0 Å². The summed E-state index contributed by atoms with van der Waals surface area (Å²) in [7, 11) is 0. The molecule has 1 heterocycles. The molecule has 0 bridgehead atoms. The summed E-state index contributed by atoms with van der Waals surface area (Å²) in [6, 6.07) is 8.19. The molecule has 1 aromatic carbocycles. The van der Waals surface area contributed by atoms with Gasteiger partial charge in [0.25, 0.3) is 0 Å². The minimum absolute atomic E-state index is 0.250. The van der Waals surface area contributed by atoms with Gasteiger partial charge in [0.15, 0.2) is 0 Å². The largest absolute Gasteiger partial charge is 0.492 e. The highest BCUT2D eigenvalue weighted by molar-refractivity contribution is 5.26. The van der Waals surface area contributed by atoms with E-state index in [4.69, 9.17) is 19.1 Å². The maximum absolute atomic E-state index is 8.12. The summed E-state index contributed by atoms with van der Waals surface area (Å²) in [5.41, 5.74) is 1.26. The Labute approximate surface area is 113 Å². The van der Waals surface area contributed by atoms with Gasteiger partial charge in [-0.3, -0.25) is 4.90 Å². The third-order valence-electron chi connectivity index (χ3n) is 2.80. The molecule has 104 valence electrons. The third-order valence-corrected chi connectivity index (χ3v) is 2.80. The number of rotatable bonds is 4. The van der Waals surface area contributed by atoms with Gasteiger partial charge >= 0.3 is 6.15 Å². The number of aryl methyl sites for hydroxylation is 1. The SMILES string of the molecule is Cc1ccc(OCCN2CCOCC2)cc1.O=C=O. The number of morpholine rings is 1. The first-order valence-electron chi connectivity index (χ1n) is 6.25. The van der Waals surface area contributed by atoms with Gasteiger partial charge in [-0.2, -0.15) is 9.59 Å². The summed E-state index contributed by atoms with van der Waals surface area (Å²) in [5, 5.41) is 0. The van der Waals surface area contributed by atoms with E-state index >= 15 is 0 Å². The van der Waals surface area contributed by atoms with Crippen LogP contribution in [-0.2, 0) is 14.3 Å². The number of hydrogen-bond acceptors (Lipinski definition) is 5. The van der Waals surface area contributed by atoms with Crippen molar-refractivity contribution in [3.8, 4) is 5.75 Å². The normalized spacial score (nSPS) is 15.0. The van der Waals surface area contributed by atoms with Crippen molar-refractivity contribution in [1.82, 2.24) is 4.90 Å². The minimum atomic E-state index is 0.250. The van der Waals surface area contributed by atoms with Crippen LogP contribution in [0, 0.1) is 6.92 Å². The Balaban J connectivity index is 0.000000550. The van der Waals surface area contributed by atoms with Gasteiger partial charge < -0.3 is 9.47 Å². The van der Waals surface area contributed by atoms with Gasteiger partial charge in [-0.25, -0.2) is 0 Å². The molecule has 2 rings (SSSR count). The van der Waals surface area contributed by atoms with Gasteiger partial charge in [0.05, 0.1) is 13.2 Å². The summed E-state index contributed by atoms with van der Waals surface area (Å²) in [6.45, 7) is 7.57. The Morgan fingerprint density at radius 1 is 1.21 bits per heavy atom. The Morgan fingerprint density at radius 3 is 2.37 bits per heavy atom. The first-order chi connectivity index (χ1) is 9.26. The summed E-state index contributed by atoms with van der Waals surface area (Å²) >= 11 is 0. The van der Waals surface area contributed by atoms with Crippen LogP contribution in [0.2, 0.25) is 0 Å². The van der Waals surface area contributed by atoms with Gasteiger partial charge in [-0.1, -0.05) is 17.7 Å². The predicted molar refractivity (Wildman–Crippen MR) is 68.9 cm³/mol. The topological polar surface area (TPSA) is 55.8 Å². The monoisotopic (exact) mass is 265 g/mol. The molecule has 0 aliphatic carbocycles. The molecule has 1 aromatic rings. The van der Waals surface area contributed by atoms with Crippen molar-refractivity contribution in [3.63, 3.8) is 0 Å². The Bertz CT molecular complexity index is 379. The maximum atomic E-state index is 8.12. The molecule has 0 unspecified atom stereocenters. The molecular weight excluding hydrogens is 246 g/mol. The first kappa shape index (κ1) is 15.4. The summed E-state index contributed by atoms with van der Waals surface area (Å²) in [6.07, 6.45) is 0.250. The summed E-state index contributed by atoms with van der Waals surface area (Å²) in [4.78, 5) is 18.6. The van der Waals surface area contributed by atoms with Crippen LogP contribution in [0.5, 0.6) is 5.75 Å². The van der Waals surface area contributed by atoms with Crippen molar-refractivity contribution in [3.05, 3.63) is 29.8 Å². The van der Waals surface area contributed by atoms with Crippen molar-refractivity contribution >= 4 is 6.15 Å². The molecular formula is C14H19NO4. The van der Waals surface area contributed by atoms with Crippen LogP contribution >= 0.6 is 0 Å². The zero-order valence-corrected chi connectivity index (χ0v) is 11.1. The lowest BCUT2D eigenvalue weighted by atomic mass is 10.2. The number of nitrogens with zero attached hydrogens (tertiary/aromatic N) is 1. The lowest BCUT2D eigenvalue weighted by Crippen LogP contribution is -2.38. The van der Waals surface area contributed by atoms with Crippen LogP contribution in [-0.4, -0.2) is 50.5 Å². The standard InChI is InChI=1S/C13H19NO2.CO2/c1-12-2-4-13(5-3-12)16-11-8-14-6-9-15-10-7-14;2-1-3/h2-5H,6-11H2,1H3;. The molecule has 1 aliphatic heterocycles. The van der Waals surface area contributed by atoms with E-state index in [0.717, 1.165) is 45.2 Å². The Kier molecular flexibility index (Phi) is 7.51. The second-order valence-electron chi connectivity index (χ2n) is 4.20. The molecule has 5 nitrogen and oxygen atoms in total. The second-order valence-corrected chi connectivity index (χ2v) is 4.20. The molecule has 0 spiro atoms. The quantitative estimate of drug-likeness (QED) is 0.816. The van der Waals surface area contributed by atoms with E-state index < -0.39 is 0 Å². The average Bonchev–Trinajstić information content (AvgIpc) is 2.43.